The van der Waals surface area contributed by atoms with Crippen molar-refractivity contribution < 1.29 is 0 Å². The van der Waals surface area contributed by atoms with Crippen LogP contribution in [0.4, 0.5) is 0 Å². The van der Waals surface area contributed by atoms with Gasteiger partial charge in [0.05, 0.1) is 22.1 Å². The molecule has 0 atom stereocenters. The molecule has 2 nitrogen and oxygen atoms in total. The van der Waals surface area contributed by atoms with Crippen molar-refractivity contribution in [2.24, 2.45) is 0 Å². The van der Waals surface area contributed by atoms with Gasteiger partial charge in [-0.15, -0.1) is 0 Å². The minimum absolute atomic E-state index is 1.08. The van der Waals surface area contributed by atoms with E-state index in [4.69, 9.17) is 0 Å². The highest BCUT2D eigenvalue weighted by Gasteiger charge is 2.22. The number of fused-ring (bicyclic) bond motifs is 13. The minimum atomic E-state index is 1.08. The number of benzene rings is 8. The Hall–Kier alpha value is -6.12. The molecular formula is C46H30N2. The Morgan fingerprint density at radius 3 is 1.96 bits per heavy atom. The number of hydrogen-bond donors (Lipinski definition) is 0. The molecule has 2 aromatic heterocycles. The van der Waals surface area contributed by atoms with E-state index in [2.05, 4.69) is 167 Å². The molecule has 0 bridgehead atoms. The summed E-state index contributed by atoms with van der Waals surface area (Å²) in [5.74, 6) is 0. The van der Waals surface area contributed by atoms with Crippen LogP contribution in [-0.4, -0.2) is 9.13 Å². The van der Waals surface area contributed by atoms with Gasteiger partial charge < -0.3 is 9.13 Å². The smallest absolute Gasteiger partial charge is 0.0625 e. The predicted octanol–water partition coefficient (Wildman–Crippen LogP) is 12.3. The number of hydrogen-bond acceptors (Lipinski definition) is 0. The molecule has 0 N–H and O–H groups in total. The SMILES string of the molecule is C1=Cc2cc3c(cc2CC1)c1c2ccccc2c2ccccc2c1n3-c1ccc2c(c1)c1ccccc1n2-c1ccc2ccccc2c1. The van der Waals surface area contributed by atoms with Crippen molar-refractivity contribution in [3.05, 3.63) is 163 Å². The van der Waals surface area contributed by atoms with Gasteiger partial charge in [0.15, 0.2) is 0 Å². The summed E-state index contributed by atoms with van der Waals surface area (Å²) in [6.45, 7) is 0. The van der Waals surface area contributed by atoms with Crippen molar-refractivity contribution in [3.63, 3.8) is 0 Å². The molecule has 0 saturated carbocycles. The number of allylic oxidation sites excluding steroid dienone is 1. The zero-order chi connectivity index (χ0) is 31.3. The van der Waals surface area contributed by atoms with Gasteiger partial charge in [-0.3, -0.25) is 0 Å². The average Bonchev–Trinajstić information content (AvgIpc) is 3.66. The molecule has 0 fully saturated rings. The average molecular weight is 611 g/mol. The molecule has 2 heterocycles. The molecule has 0 spiro atoms. The second-order valence-corrected chi connectivity index (χ2v) is 13.2. The van der Waals surface area contributed by atoms with E-state index < -0.39 is 0 Å². The molecule has 2 heteroatoms. The van der Waals surface area contributed by atoms with Crippen LogP contribution in [0.15, 0.2) is 152 Å². The van der Waals surface area contributed by atoms with E-state index in [1.54, 1.807) is 0 Å². The third kappa shape index (κ3) is 3.52. The molecule has 11 rings (SSSR count). The Bertz CT molecular complexity index is 3000. The van der Waals surface area contributed by atoms with Gasteiger partial charge in [0.2, 0.25) is 0 Å². The van der Waals surface area contributed by atoms with Gasteiger partial charge in [-0.25, -0.2) is 0 Å². The third-order valence-electron chi connectivity index (χ3n) is 10.7. The van der Waals surface area contributed by atoms with Gasteiger partial charge in [0.1, 0.15) is 0 Å². The van der Waals surface area contributed by atoms with Gasteiger partial charge >= 0.3 is 0 Å². The van der Waals surface area contributed by atoms with Gasteiger partial charge in [-0.1, -0.05) is 109 Å². The largest absolute Gasteiger partial charge is 0.309 e. The first kappa shape index (κ1) is 26.0. The molecule has 8 aromatic carbocycles. The normalized spacial score (nSPS) is 13.2. The van der Waals surface area contributed by atoms with Crippen LogP contribution in [-0.2, 0) is 6.42 Å². The summed E-state index contributed by atoms with van der Waals surface area (Å²) in [5, 5.41) is 12.9. The Balaban J connectivity index is 1.28. The lowest BCUT2D eigenvalue weighted by molar-refractivity contribution is 0.988. The van der Waals surface area contributed by atoms with Crippen LogP contribution in [0.25, 0.3) is 93.4 Å². The highest BCUT2D eigenvalue weighted by Crippen LogP contribution is 2.44. The summed E-state index contributed by atoms with van der Waals surface area (Å²) in [5.41, 5.74) is 10.1. The Labute approximate surface area is 277 Å². The maximum atomic E-state index is 2.55. The molecule has 0 aliphatic heterocycles. The summed E-state index contributed by atoms with van der Waals surface area (Å²) in [6, 6.07) is 54.2. The van der Waals surface area contributed by atoms with Gasteiger partial charge in [-0.2, -0.15) is 0 Å². The van der Waals surface area contributed by atoms with Crippen LogP contribution >= 0.6 is 0 Å². The number of rotatable bonds is 2. The maximum Gasteiger partial charge on any atom is 0.0625 e. The minimum Gasteiger partial charge on any atom is -0.309 e. The fourth-order valence-corrected chi connectivity index (χ4v) is 8.57. The van der Waals surface area contributed by atoms with Crippen LogP contribution < -0.4 is 0 Å². The van der Waals surface area contributed by atoms with E-state index in [9.17, 15) is 0 Å². The van der Waals surface area contributed by atoms with Crippen LogP contribution in [0.3, 0.4) is 0 Å². The molecule has 0 amide bonds. The summed E-state index contributed by atoms with van der Waals surface area (Å²) in [4.78, 5) is 0. The molecule has 0 unspecified atom stereocenters. The van der Waals surface area contributed by atoms with Crippen molar-refractivity contribution >= 4 is 82.0 Å². The predicted molar refractivity (Wildman–Crippen MR) is 205 cm³/mol. The molecule has 0 saturated heterocycles. The molecular weight excluding hydrogens is 581 g/mol. The molecule has 0 radical (unpaired) electrons. The molecule has 10 aromatic rings. The van der Waals surface area contributed by atoms with Crippen molar-refractivity contribution in [1.82, 2.24) is 9.13 Å². The van der Waals surface area contributed by atoms with Crippen LogP contribution in [0, 0.1) is 0 Å². The first-order valence-corrected chi connectivity index (χ1v) is 16.9. The van der Waals surface area contributed by atoms with Crippen molar-refractivity contribution in [2.75, 3.05) is 0 Å². The fourth-order valence-electron chi connectivity index (χ4n) is 8.57. The van der Waals surface area contributed by atoms with E-state index in [0.717, 1.165) is 12.8 Å². The second-order valence-electron chi connectivity index (χ2n) is 13.2. The Kier molecular flexibility index (Phi) is 5.25. The lowest BCUT2D eigenvalue weighted by Crippen LogP contribution is -1.98. The van der Waals surface area contributed by atoms with Crippen LogP contribution in [0.5, 0.6) is 0 Å². The molecule has 224 valence electrons. The van der Waals surface area contributed by atoms with Gasteiger partial charge in [0.25, 0.3) is 0 Å². The van der Waals surface area contributed by atoms with Crippen LogP contribution in [0.2, 0.25) is 0 Å². The van der Waals surface area contributed by atoms with E-state index in [0.29, 0.717) is 0 Å². The lowest BCUT2D eigenvalue weighted by Gasteiger charge is -2.14. The standard InChI is InChI=1S/C46H30N2/c1-2-12-30-25-33(22-21-29(30)11-1)47-42-20-10-9-17-37(42)40-28-34(23-24-43(40)47)48-44-27-32-14-4-3-13-31(32)26-41(44)45-38-18-7-5-15-35(38)36-16-6-8-19-39(36)46(45)48/h1-2,4-12,14-28H,3,13H2. The van der Waals surface area contributed by atoms with Crippen molar-refractivity contribution in [1.29, 1.82) is 0 Å². The Morgan fingerprint density at radius 1 is 0.417 bits per heavy atom. The number of nitrogens with zero attached hydrogens (tertiary/aromatic N) is 2. The van der Waals surface area contributed by atoms with Gasteiger partial charge in [0, 0.05) is 38.3 Å². The second kappa shape index (κ2) is 9.70. The summed E-state index contributed by atoms with van der Waals surface area (Å²) in [6.07, 6.45) is 6.81. The van der Waals surface area contributed by atoms with Crippen molar-refractivity contribution in [2.45, 2.75) is 12.8 Å². The number of aromatic nitrogens is 2. The van der Waals surface area contributed by atoms with Crippen LogP contribution in [0.1, 0.15) is 17.5 Å². The fraction of sp³-hybridized carbons (Fsp3) is 0.0435. The highest BCUT2D eigenvalue weighted by atomic mass is 15.0. The number of para-hydroxylation sites is 1. The molecule has 1 aliphatic carbocycles. The lowest BCUT2D eigenvalue weighted by atomic mass is 9.93. The van der Waals surface area contributed by atoms with Crippen molar-refractivity contribution in [3.8, 4) is 11.4 Å². The zero-order valence-corrected chi connectivity index (χ0v) is 26.3. The van der Waals surface area contributed by atoms with E-state index in [1.807, 2.05) is 0 Å². The number of aryl methyl sites for hydroxylation is 1. The van der Waals surface area contributed by atoms with E-state index in [-0.39, 0.29) is 0 Å². The Morgan fingerprint density at radius 2 is 1.08 bits per heavy atom. The monoisotopic (exact) mass is 610 g/mol. The summed E-state index contributed by atoms with van der Waals surface area (Å²) >= 11 is 0. The topological polar surface area (TPSA) is 9.86 Å². The summed E-state index contributed by atoms with van der Waals surface area (Å²) in [7, 11) is 0. The van der Waals surface area contributed by atoms with E-state index in [1.165, 1.54) is 98.4 Å². The highest BCUT2D eigenvalue weighted by molar-refractivity contribution is 6.32. The molecule has 1 aliphatic rings. The quantitative estimate of drug-likeness (QED) is 0.172. The third-order valence-corrected chi connectivity index (χ3v) is 10.7. The first-order valence-electron chi connectivity index (χ1n) is 16.9. The molecule has 48 heavy (non-hydrogen) atoms. The zero-order valence-electron chi connectivity index (χ0n) is 26.3. The van der Waals surface area contributed by atoms with E-state index >= 15 is 0 Å². The first-order chi connectivity index (χ1) is 23.8. The maximum absolute atomic E-state index is 2.55. The summed E-state index contributed by atoms with van der Waals surface area (Å²) < 4.78 is 4.97. The van der Waals surface area contributed by atoms with Gasteiger partial charge in [-0.05, 0) is 99.4 Å².